The van der Waals surface area contributed by atoms with Crippen LogP contribution in [-0.2, 0) is 54.8 Å². The van der Waals surface area contributed by atoms with E-state index in [1.54, 1.807) is 0 Å². The van der Waals surface area contributed by atoms with E-state index < -0.39 is 30.7 Å². The molecule has 0 aliphatic carbocycles. The summed E-state index contributed by atoms with van der Waals surface area (Å²) in [5.74, 6) is 0. The molecule has 0 bridgehead atoms. The highest BCUT2D eigenvalue weighted by atomic mass is 16.7. The first kappa shape index (κ1) is 34.5. The first-order valence-corrected chi connectivity index (χ1v) is 16.9. The largest absolute Gasteiger partial charge is 0.374 e. The lowest BCUT2D eigenvalue weighted by Gasteiger charge is -2.45. The molecule has 0 amide bonds. The molecule has 0 saturated carbocycles. The lowest BCUT2D eigenvalue weighted by Crippen LogP contribution is -2.61. The highest BCUT2D eigenvalue weighted by Gasteiger charge is 2.49. The van der Waals surface area contributed by atoms with Crippen molar-refractivity contribution >= 4 is 6.08 Å². The van der Waals surface area contributed by atoms with Gasteiger partial charge in [0, 0.05) is 0 Å². The highest BCUT2D eigenvalue weighted by molar-refractivity contribution is 5.48. The Kier molecular flexibility index (Phi) is 13.3. The Morgan fingerprint density at radius 1 is 0.449 bits per heavy atom. The van der Waals surface area contributed by atoms with Crippen molar-refractivity contribution in [3.63, 3.8) is 0 Å². The third-order valence-corrected chi connectivity index (χ3v) is 8.31. The quantitative estimate of drug-likeness (QED) is 0.100. The molecule has 6 nitrogen and oxygen atoms in total. The van der Waals surface area contributed by atoms with E-state index in [0.717, 1.165) is 27.8 Å². The van der Waals surface area contributed by atoms with Gasteiger partial charge in [-0.3, -0.25) is 0 Å². The highest BCUT2D eigenvalue weighted by Crippen LogP contribution is 2.31. The van der Waals surface area contributed by atoms with Gasteiger partial charge in [0.2, 0.25) is 0 Å². The van der Waals surface area contributed by atoms with E-state index in [1.807, 2.05) is 115 Å². The number of benzene rings is 5. The number of hydrogen-bond donors (Lipinski definition) is 0. The fraction of sp³-hybridized carbons (Fsp3) is 0.256. The third-order valence-electron chi connectivity index (χ3n) is 8.31. The zero-order valence-corrected chi connectivity index (χ0v) is 27.7. The van der Waals surface area contributed by atoms with Gasteiger partial charge in [0.15, 0.2) is 6.29 Å². The van der Waals surface area contributed by atoms with Gasteiger partial charge in [-0.25, -0.2) is 0 Å². The van der Waals surface area contributed by atoms with Crippen LogP contribution >= 0.6 is 0 Å². The molecule has 252 valence electrons. The van der Waals surface area contributed by atoms with Gasteiger partial charge in [-0.1, -0.05) is 164 Å². The second-order valence-electron chi connectivity index (χ2n) is 12.0. The van der Waals surface area contributed by atoms with E-state index in [1.165, 1.54) is 0 Å². The molecule has 0 spiro atoms. The van der Waals surface area contributed by atoms with Gasteiger partial charge < -0.3 is 28.4 Å². The molecule has 0 radical (unpaired) electrons. The molecule has 0 aromatic heterocycles. The predicted octanol–water partition coefficient (Wildman–Crippen LogP) is 8.41. The van der Waals surface area contributed by atoms with Gasteiger partial charge in [0.25, 0.3) is 0 Å². The van der Waals surface area contributed by atoms with Gasteiger partial charge >= 0.3 is 0 Å². The molecule has 1 aliphatic heterocycles. The molecule has 5 aromatic rings. The summed E-state index contributed by atoms with van der Waals surface area (Å²) >= 11 is 0. The molecule has 1 aliphatic rings. The van der Waals surface area contributed by atoms with Gasteiger partial charge in [0.1, 0.15) is 24.4 Å². The minimum Gasteiger partial charge on any atom is -0.374 e. The van der Waals surface area contributed by atoms with Crippen LogP contribution in [-0.4, -0.2) is 43.9 Å². The summed E-state index contributed by atoms with van der Waals surface area (Å²) in [6.45, 7) is 2.17. The Morgan fingerprint density at radius 2 is 0.878 bits per heavy atom. The van der Waals surface area contributed by atoms with Crippen LogP contribution in [0.3, 0.4) is 0 Å². The van der Waals surface area contributed by atoms with Crippen molar-refractivity contribution in [2.75, 3.05) is 13.2 Å². The Hall–Kier alpha value is -4.40. The van der Waals surface area contributed by atoms with Crippen LogP contribution in [0.1, 0.15) is 27.8 Å². The summed E-state index contributed by atoms with van der Waals surface area (Å²) in [5, 5.41) is 0. The Balaban J connectivity index is 1.27. The van der Waals surface area contributed by atoms with Crippen molar-refractivity contribution in [2.24, 2.45) is 0 Å². The maximum atomic E-state index is 6.79. The minimum absolute atomic E-state index is 0.282. The van der Waals surface area contributed by atoms with Crippen molar-refractivity contribution in [1.82, 2.24) is 0 Å². The zero-order valence-electron chi connectivity index (χ0n) is 27.7. The Labute approximate surface area is 289 Å². The summed E-state index contributed by atoms with van der Waals surface area (Å²) in [7, 11) is 0. The fourth-order valence-corrected chi connectivity index (χ4v) is 5.78. The number of ether oxygens (including phenoxy) is 6. The van der Waals surface area contributed by atoms with Gasteiger partial charge in [-0.15, -0.1) is 0 Å². The summed E-state index contributed by atoms with van der Waals surface area (Å²) in [6, 6.07) is 50.7. The topological polar surface area (TPSA) is 55.4 Å². The first-order valence-electron chi connectivity index (χ1n) is 16.9. The molecule has 1 saturated heterocycles. The number of hydrogen-bond acceptors (Lipinski definition) is 6. The van der Waals surface area contributed by atoms with Crippen LogP contribution in [0.2, 0.25) is 0 Å². The standard InChI is InChI=1S/C43H44O6/c1-6-17-34(18-7-1)27-16-28-45-43-42(48-32-38-25-14-5-15-26-38)41(47-31-37-23-12-4-13-24-37)40(46-30-36-21-10-3-11-22-36)39(49-43)33-44-29-35-19-8-2-9-20-35/h1-27,39-43H,28-33H2/b27-16+/t39?,40-,41?,42?,43-/m1/s1. The molecular weight excluding hydrogens is 612 g/mol. The molecule has 6 rings (SSSR count). The summed E-state index contributed by atoms with van der Waals surface area (Å²) in [6.07, 6.45) is 1.15. The average molecular weight is 657 g/mol. The van der Waals surface area contributed by atoms with Gasteiger partial charge in [0.05, 0.1) is 39.6 Å². The van der Waals surface area contributed by atoms with Crippen molar-refractivity contribution in [3.8, 4) is 0 Å². The molecule has 6 heteroatoms. The minimum atomic E-state index is -0.744. The van der Waals surface area contributed by atoms with Crippen molar-refractivity contribution in [2.45, 2.75) is 57.1 Å². The van der Waals surface area contributed by atoms with Crippen molar-refractivity contribution in [1.29, 1.82) is 0 Å². The smallest absolute Gasteiger partial charge is 0.187 e. The van der Waals surface area contributed by atoms with E-state index in [4.69, 9.17) is 28.4 Å². The van der Waals surface area contributed by atoms with E-state index in [0.29, 0.717) is 33.0 Å². The number of rotatable bonds is 17. The van der Waals surface area contributed by atoms with E-state index in [2.05, 4.69) is 48.5 Å². The Bertz CT molecular complexity index is 1630. The van der Waals surface area contributed by atoms with E-state index >= 15 is 0 Å². The van der Waals surface area contributed by atoms with Crippen LogP contribution < -0.4 is 0 Å². The summed E-state index contributed by atoms with van der Waals surface area (Å²) in [5.41, 5.74) is 5.33. The Morgan fingerprint density at radius 3 is 1.39 bits per heavy atom. The molecule has 3 unspecified atom stereocenters. The van der Waals surface area contributed by atoms with E-state index in [9.17, 15) is 0 Å². The maximum absolute atomic E-state index is 6.79. The van der Waals surface area contributed by atoms with Gasteiger partial charge in [-0.05, 0) is 27.8 Å². The van der Waals surface area contributed by atoms with Gasteiger partial charge in [-0.2, -0.15) is 0 Å². The normalized spacial score (nSPS) is 20.8. The lowest BCUT2D eigenvalue weighted by molar-refractivity contribution is -0.326. The van der Waals surface area contributed by atoms with E-state index in [-0.39, 0.29) is 6.61 Å². The van der Waals surface area contributed by atoms with Crippen LogP contribution in [0, 0.1) is 0 Å². The molecular formula is C43H44O6. The first-order chi connectivity index (χ1) is 24.3. The zero-order chi connectivity index (χ0) is 33.4. The van der Waals surface area contributed by atoms with Crippen LogP contribution in [0.25, 0.3) is 6.08 Å². The lowest BCUT2D eigenvalue weighted by atomic mass is 9.97. The van der Waals surface area contributed by atoms with Crippen LogP contribution in [0.4, 0.5) is 0 Å². The molecule has 0 N–H and O–H groups in total. The van der Waals surface area contributed by atoms with Crippen LogP contribution in [0.5, 0.6) is 0 Å². The third kappa shape index (κ3) is 10.8. The fourth-order valence-electron chi connectivity index (χ4n) is 5.78. The summed E-state index contributed by atoms with van der Waals surface area (Å²) < 4.78 is 39.7. The average Bonchev–Trinajstić information content (AvgIpc) is 3.16. The predicted molar refractivity (Wildman–Crippen MR) is 191 cm³/mol. The second kappa shape index (κ2) is 19.0. The molecule has 49 heavy (non-hydrogen) atoms. The van der Waals surface area contributed by atoms with Crippen molar-refractivity contribution < 1.29 is 28.4 Å². The molecule has 1 fully saturated rings. The van der Waals surface area contributed by atoms with Crippen LogP contribution in [0.15, 0.2) is 158 Å². The SMILES string of the molecule is C(=C\c1ccccc1)/CO[C@@H]1OC(COCc2ccccc2)[C@@H](OCc2ccccc2)C(OCc2ccccc2)C1OCc1ccccc1. The molecule has 5 atom stereocenters. The molecule has 1 heterocycles. The second-order valence-corrected chi connectivity index (χ2v) is 12.0. The molecule has 5 aromatic carbocycles. The summed E-state index contributed by atoms with van der Waals surface area (Å²) in [4.78, 5) is 0. The maximum Gasteiger partial charge on any atom is 0.187 e. The van der Waals surface area contributed by atoms with Crippen molar-refractivity contribution in [3.05, 3.63) is 186 Å². The monoisotopic (exact) mass is 656 g/mol.